The van der Waals surface area contributed by atoms with Crippen molar-refractivity contribution in [1.82, 2.24) is 14.1 Å². The molecule has 21 heavy (non-hydrogen) atoms. The second kappa shape index (κ2) is 8.67. The SMILES string of the molecule is CC(CCl)CS(=O)(=O)N(C)CCN(C)C1CCN(C)CC1. The van der Waals surface area contributed by atoms with Crippen LogP contribution in [-0.2, 0) is 10.0 Å². The van der Waals surface area contributed by atoms with Gasteiger partial charge in [0.15, 0.2) is 0 Å². The molecule has 0 aromatic carbocycles. The van der Waals surface area contributed by atoms with Gasteiger partial charge in [0, 0.05) is 32.1 Å². The van der Waals surface area contributed by atoms with Crippen molar-refractivity contribution in [2.24, 2.45) is 5.92 Å². The van der Waals surface area contributed by atoms with E-state index in [1.165, 1.54) is 4.31 Å². The summed E-state index contributed by atoms with van der Waals surface area (Å²) in [5.41, 5.74) is 0. The molecule has 0 N–H and O–H groups in total. The van der Waals surface area contributed by atoms with Gasteiger partial charge in [-0.1, -0.05) is 6.92 Å². The first kappa shape index (κ1) is 19.2. The highest BCUT2D eigenvalue weighted by molar-refractivity contribution is 7.89. The second-order valence-electron chi connectivity index (χ2n) is 6.37. The van der Waals surface area contributed by atoms with Crippen molar-refractivity contribution in [3.8, 4) is 0 Å². The summed E-state index contributed by atoms with van der Waals surface area (Å²) >= 11 is 5.71. The summed E-state index contributed by atoms with van der Waals surface area (Å²) in [6.45, 7) is 5.43. The van der Waals surface area contributed by atoms with E-state index in [1.54, 1.807) is 7.05 Å². The molecule has 0 saturated carbocycles. The molecule has 0 spiro atoms. The van der Waals surface area contributed by atoms with Gasteiger partial charge in [-0.3, -0.25) is 0 Å². The van der Waals surface area contributed by atoms with E-state index in [0.29, 0.717) is 18.5 Å². The second-order valence-corrected chi connectivity index (χ2v) is 8.80. The lowest BCUT2D eigenvalue weighted by Crippen LogP contribution is -2.45. The summed E-state index contributed by atoms with van der Waals surface area (Å²) < 4.78 is 25.8. The Hall–Kier alpha value is 0.120. The summed E-state index contributed by atoms with van der Waals surface area (Å²) in [5.74, 6) is 0.499. The molecule has 1 unspecified atom stereocenters. The van der Waals surface area contributed by atoms with E-state index < -0.39 is 10.0 Å². The van der Waals surface area contributed by atoms with Gasteiger partial charge in [-0.05, 0) is 45.9 Å². The quantitative estimate of drug-likeness (QED) is 0.622. The third-order valence-electron chi connectivity index (χ3n) is 4.31. The largest absolute Gasteiger partial charge is 0.306 e. The molecule has 0 aromatic heterocycles. The molecule has 5 nitrogen and oxygen atoms in total. The minimum absolute atomic E-state index is 0.00859. The Kier molecular flexibility index (Phi) is 7.92. The zero-order valence-corrected chi connectivity index (χ0v) is 15.3. The molecule has 0 radical (unpaired) electrons. The Morgan fingerprint density at radius 2 is 1.81 bits per heavy atom. The summed E-state index contributed by atoms with van der Waals surface area (Å²) in [6.07, 6.45) is 2.32. The number of piperidine rings is 1. The van der Waals surface area contributed by atoms with Gasteiger partial charge < -0.3 is 9.80 Å². The third kappa shape index (κ3) is 6.40. The summed E-state index contributed by atoms with van der Waals surface area (Å²) in [7, 11) is 2.72. The van der Waals surface area contributed by atoms with Gasteiger partial charge in [0.05, 0.1) is 5.75 Å². The fourth-order valence-electron chi connectivity index (χ4n) is 2.59. The van der Waals surface area contributed by atoms with Gasteiger partial charge in [-0.25, -0.2) is 12.7 Å². The lowest BCUT2D eigenvalue weighted by Gasteiger charge is -2.35. The topological polar surface area (TPSA) is 43.9 Å². The fourth-order valence-corrected chi connectivity index (χ4v) is 4.28. The average Bonchev–Trinajstić information content (AvgIpc) is 2.44. The minimum Gasteiger partial charge on any atom is -0.306 e. The van der Waals surface area contributed by atoms with E-state index in [9.17, 15) is 8.42 Å². The number of halogens is 1. The van der Waals surface area contributed by atoms with Crippen molar-refractivity contribution in [3.05, 3.63) is 0 Å². The number of hydrogen-bond acceptors (Lipinski definition) is 4. The zero-order chi connectivity index (χ0) is 16.0. The van der Waals surface area contributed by atoms with Crippen LogP contribution in [0.2, 0.25) is 0 Å². The summed E-state index contributed by atoms with van der Waals surface area (Å²) in [5, 5.41) is 0. The van der Waals surface area contributed by atoms with Gasteiger partial charge in [0.25, 0.3) is 0 Å². The van der Waals surface area contributed by atoms with Crippen molar-refractivity contribution in [1.29, 1.82) is 0 Å². The van der Waals surface area contributed by atoms with Crippen LogP contribution in [0.5, 0.6) is 0 Å². The molecule has 0 bridgehead atoms. The van der Waals surface area contributed by atoms with Crippen LogP contribution in [0, 0.1) is 5.92 Å². The average molecular weight is 340 g/mol. The smallest absolute Gasteiger partial charge is 0.214 e. The minimum atomic E-state index is -3.19. The maximum absolute atomic E-state index is 12.2. The molecule has 1 fully saturated rings. The Bertz CT molecular complexity index is 397. The third-order valence-corrected chi connectivity index (χ3v) is 6.96. The standard InChI is InChI=1S/C14H30ClN3O2S/c1-13(11-15)12-21(19,20)18(4)10-9-17(3)14-5-7-16(2)8-6-14/h13-14H,5-12H2,1-4H3. The zero-order valence-electron chi connectivity index (χ0n) is 13.8. The first-order chi connectivity index (χ1) is 9.76. The number of likely N-dealkylation sites (N-methyl/N-ethyl adjacent to an activating group) is 2. The molecule has 1 rings (SSSR count). The first-order valence-electron chi connectivity index (χ1n) is 7.65. The summed E-state index contributed by atoms with van der Waals surface area (Å²) in [4.78, 5) is 4.64. The van der Waals surface area contributed by atoms with Crippen LogP contribution in [0.15, 0.2) is 0 Å². The number of alkyl halides is 1. The normalized spacial score (nSPS) is 20.3. The molecule has 126 valence electrons. The maximum Gasteiger partial charge on any atom is 0.214 e. The van der Waals surface area contributed by atoms with Crippen molar-refractivity contribution >= 4 is 21.6 Å². The molecule has 1 aliphatic heterocycles. The van der Waals surface area contributed by atoms with Crippen molar-refractivity contribution in [2.45, 2.75) is 25.8 Å². The molecule has 1 saturated heterocycles. The first-order valence-corrected chi connectivity index (χ1v) is 9.79. The molecule has 0 aromatic rings. The van der Waals surface area contributed by atoms with Gasteiger partial charge >= 0.3 is 0 Å². The van der Waals surface area contributed by atoms with Gasteiger partial charge in [-0.2, -0.15) is 0 Å². The van der Waals surface area contributed by atoms with E-state index in [0.717, 1.165) is 32.5 Å². The Morgan fingerprint density at radius 1 is 1.24 bits per heavy atom. The number of hydrogen-bond donors (Lipinski definition) is 0. The highest BCUT2D eigenvalue weighted by Gasteiger charge is 2.24. The molecule has 0 aliphatic carbocycles. The van der Waals surface area contributed by atoms with Gasteiger partial charge in [0.2, 0.25) is 10.0 Å². The molecule has 1 aliphatic rings. The van der Waals surface area contributed by atoms with E-state index >= 15 is 0 Å². The van der Waals surface area contributed by atoms with Crippen LogP contribution in [-0.4, -0.2) is 87.5 Å². The van der Waals surface area contributed by atoms with Crippen molar-refractivity contribution in [2.75, 3.05) is 59.0 Å². The highest BCUT2D eigenvalue weighted by atomic mass is 35.5. The van der Waals surface area contributed by atoms with Crippen molar-refractivity contribution < 1.29 is 8.42 Å². The van der Waals surface area contributed by atoms with Crippen LogP contribution in [0.1, 0.15) is 19.8 Å². The van der Waals surface area contributed by atoms with Crippen LogP contribution >= 0.6 is 11.6 Å². The molecule has 1 atom stereocenters. The molecule has 1 heterocycles. The van der Waals surface area contributed by atoms with Crippen LogP contribution in [0.25, 0.3) is 0 Å². The van der Waals surface area contributed by atoms with E-state index in [-0.39, 0.29) is 11.7 Å². The molecular weight excluding hydrogens is 310 g/mol. The number of sulfonamides is 1. The predicted octanol–water partition coefficient (Wildman–Crippen LogP) is 1.15. The lowest BCUT2D eigenvalue weighted by atomic mass is 10.0. The Balaban J connectivity index is 2.39. The monoisotopic (exact) mass is 339 g/mol. The van der Waals surface area contributed by atoms with Crippen molar-refractivity contribution in [3.63, 3.8) is 0 Å². The van der Waals surface area contributed by atoms with Crippen LogP contribution in [0.4, 0.5) is 0 Å². The molecular formula is C14H30ClN3O2S. The van der Waals surface area contributed by atoms with Gasteiger partial charge in [-0.15, -0.1) is 11.6 Å². The van der Waals surface area contributed by atoms with E-state index in [4.69, 9.17) is 11.6 Å². The van der Waals surface area contributed by atoms with E-state index in [2.05, 4.69) is 23.9 Å². The lowest BCUT2D eigenvalue weighted by molar-refractivity contribution is 0.141. The maximum atomic E-state index is 12.2. The summed E-state index contributed by atoms with van der Waals surface area (Å²) in [6, 6.07) is 0.569. The van der Waals surface area contributed by atoms with Gasteiger partial charge in [0.1, 0.15) is 0 Å². The van der Waals surface area contributed by atoms with Crippen LogP contribution in [0.3, 0.4) is 0 Å². The number of nitrogens with zero attached hydrogens (tertiary/aromatic N) is 3. The number of likely N-dealkylation sites (tertiary alicyclic amines) is 1. The fraction of sp³-hybridized carbons (Fsp3) is 1.00. The van der Waals surface area contributed by atoms with E-state index in [1.807, 2.05) is 6.92 Å². The molecule has 7 heteroatoms. The number of rotatable bonds is 8. The van der Waals surface area contributed by atoms with Crippen LogP contribution < -0.4 is 0 Å². The highest BCUT2D eigenvalue weighted by Crippen LogP contribution is 2.14. The Morgan fingerprint density at radius 3 is 2.33 bits per heavy atom. The molecule has 0 amide bonds. The predicted molar refractivity (Wildman–Crippen MR) is 89.4 cm³/mol. The Labute approximate surface area is 135 Å².